The molecule has 1 aliphatic heterocycles. The first-order chi connectivity index (χ1) is 8.56. The summed E-state index contributed by atoms with van der Waals surface area (Å²) in [6.45, 7) is 1.62. The van der Waals surface area contributed by atoms with Crippen LogP contribution in [0.3, 0.4) is 0 Å². The topological polar surface area (TPSA) is 29.9 Å². The first-order valence-electron chi connectivity index (χ1n) is 6.36. The second-order valence-corrected chi connectivity index (χ2v) is 4.73. The zero-order valence-corrected chi connectivity index (χ0v) is 10.2. The smallest absolute Gasteiger partial charge is 0.333 e. The summed E-state index contributed by atoms with van der Waals surface area (Å²) in [5.41, 5.74) is 1.10. The summed E-state index contributed by atoms with van der Waals surface area (Å²) in [7, 11) is 0. The third-order valence-corrected chi connectivity index (χ3v) is 3.27. The van der Waals surface area contributed by atoms with Gasteiger partial charge in [-0.2, -0.15) is 13.2 Å². The lowest BCUT2D eigenvalue weighted by Crippen LogP contribution is -2.17. The average molecular weight is 261 g/mol. The SMILES string of the molecule is FC(F)(F)CCCCn1cncc1[C@@H]1CCCN1. The molecule has 0 saturated carbocycles. The third-order valence-electron chi connectivity index (χ3n) is 3.27. The highest BCUT2D eigenvalue weighted by Crippen LogP contribution is 2.24. The van der Waals surface area contributed by atoms with Crippen LogP contribution >= 0.6 is 0 Å². The Kier molecular flexibility index (Phi) is 4.27. The highest BCUT2D eigenvalue weighted by molar-refractivity contribution is 5.07. The van der Waals surface area contributed by atoms with Gasteiger partial charge in [-0.1, -0.05) is 0 Å². The van der Waals surface area contributed by atoms with Crippen molar-refractivity contribution in [2.45, 2.75) is 50.9 Å². The fourth-order valence-electron chi connectivity index (χ4n) is 2.35. The van der Waals surface area contributed by atoms with Crippen molar-refractivity contribution in [2.75, 3.05) is 6.54 Å². The number of nitrogens with zero attached hydrogens (tertiary/aromatic N) is 2. The molecule has 1 atom stereocenters. The Morgan fingerprint density at radius 1 is 1.39 bits per heavy atom. The number of hydrogen-bond donors (Lipinski definition) is 1. The van der Waals surface area contributed by atoms with Crippen molar-refractivity contribution >= 4 is 0 Å². The number of halogens is 3. The fourth-order valence-corrected chi connectivity index (χ4v) is 2.35. The van der Waals surface area contributed by atoms with Gasteiger partial charge in [0.05, 0.1) is 12.0 Å². The molecule has 2 rings (SSSR count). The van der Waals surface area contributed by atoms with Crippen molar-refractivity contribution in [3.8, 4) is 0 Å². The summed E-state index contributed by atoms with van der Waals surface area (Å²) >= 11 is 0. The van der Waals surface area contributed by atoms with E-state index in [1.54, 1.807) is 6.33 Å². The van der Waals surface area contributed by atoms with E-state index < -0.39 is 12.6 Å². The van der Waals surface area contributed by atoms with Gasteiger partial charge in [0, 0.05) is 25.2 Å². The average Bonchev–Trinajstić information content (AvgIpc) is 2.93. The van der Waals surface area contributed by atoms with Crippen LogP contribution in [-0.4, -0.2) is 22.3 Å². The van der Waals surface area contributed by atoms with Crippen LogP contribution in [0.15, 0.2) is 12.5 Å². The minimum absolute atomic E-state index is 0.180. The molecule has 0 radical (unpaired) electrons. The maximum atomic E-state index is 12.0. The Morgan fingerprint density at radius 3 is 2.89 bits per heavy atom. The fraction of sp³-hybridized carbons (Fsp3) is 0.750. The van der Waals surface area contributed by atoms with E-state index in [4.69, 9.17) is 0 Å². The zero-order valence-electron chi connectivity index (χ0n) is 10.2. The second-order valence-electron chi connectivity index (χ2n) is 4.73. The molecule has 1 fully saturated rings. The van der Waals surface area contributed by atoms with Gasteiger partial charge >= 0.3 is 6.18 Å². The van der Waals surface area contributed by atoms with Gasteiger partial charge in [0.15, 0.2) is 0 Å². The van der Waals surface area contributed by atoms with E-state index in [-0.39, 0.29) is 6.42 Å². The van der Waals surface area contributed by atoms with Crippen molar-refractivity contribution in [3.05, 3.63) is 18.2 Å². The Balaban J connectivity index is 1.81. The van der Waals surface area contributed by atoms with Crippen molar-refractivity contribution in [3.63, 3.8) is 0 Å². The molecule has 1 aromatic heterocycles. The highest BCUT2D eigenvalue weighted by Gasteiger charge is 2.26. The number of hydrogen-bond acceptors (Lipinski definition) is 2. The summed E-state index contributed by atoms with van der Waals surface area (Å²) < 4.78 is 38.0. The van der Waals surface area contributed by atoms with E-state index in [1.807, 2.05) is 10.8 Å². The summed E-state index contributed by atoms with van der Waals surface area (Å²) in [6, 6.07) is 0.315. The van der Waals surface area contributed by atoms with Crippen LogP contribution in [0, 0.1) is 0 Å². The second kappa shape index (κ2) is 5.73. The summed E-state index contributed by atoms with van der Waals surface area (Å²) in [5, 5.41) is 3.37. The molecule has 0 bridgehead atoms. The molecule has 102 valence electrons. The molecule has 0 aliphatic carbocycles. The summed E-state index contributed by atoms with van der Waals surface area (Å²) in [5.74, 6) is 0. The predicted octanol–water partition coefficient (Wildman–Crippen LogP) is 3.04. The van der Waals surface area contributed by atoms with E-state index in [2.05, 4.69) is 10.3 Å². The van der Waals surface area contributed by atoms with Gasteiger partial charge < -0.3 is 9.88 Å². The lowest BCUT2D eigenvalue weighted by atomic mass is 10.1. The van der Waals surface area contributed by atoms with Gasteiger partial charge in [0.1, 0.15) is 0 Å². The van der Waals surface area contributed by atoms with Gasteiger partial charge in [-0.15, -0.1) is 0 Å². The Bertz CT molecular complexity index is 367. The van der Waals surface area contributed by atoms with E-state index in [0.29, 0.717) is 19.0 Å². The molecule has 0 amide bonds. The molecule has 1 aliphatic rings. The quantitative estimate of drug-likeness (QED) is 0.826. The lowest BCUT2D eigenvalue weighted by molar-refractivity contribution is -0.135. The maximum absolute atomic E-state index is 12.0. The monoisotopic (exact) mass is 261 g/mol. The summed E-state index contributed by atoms with van der Waals surface area (Å²) in [4.78, 5) is 4.09. The molecule has 0 unspecified atom stereocenters. The largest absolute Gasteiger partial charge is 0.389 e. The molecular formula is C12H18F3N3. The van der Waals surface area contributed by atoms with Gasteiger partial charge in [-0.3, -0.25) is 0 Å². The lowest BCUT2D eigenvalue weighted by Gasteiger charge is -2.14. The maximum Gasteiger partial charge on any atom is 0.389 e. The van der Waals surface area contributed by atoms with Gasteiger partial charge in [0.2, 0.25) is 0 Å². The van der Waals surface area contributed by atoms with Crippen molar-refractivity contribution < 1.29 is 13.2 Å². The molecule has 3 nitrogen and oxygen atoms in total. The van der Waals surface area contributed by atoms with E-state index in [1.165, 1.54) is 0 Å². The van der Waals surface area contributed by atoms with E-state index in [0.717, 1.165) is 25.1 Å². The van der Waals surface area contributed by atoms with Gasteiger partial charge in [-0.05, 0) is 32.2 Å². The van der Waals surface area contributed by atoms with E-state index in [9.17, 15) is 13.2 Å². The number of unbranched alkanes of at least 4 members (excludes halogenated alkanes) is 1. The number of nitrogens with one attached hydrogen (secondary N) is 1. The van der Waals surface area contributed by atoms with Gasteiger partial charge in [-0.25, -0.2) is 4.98 Å². The van der Waals surface area contributed by atoms with Crippen molar-refractivity contribution in [1.29, 1.82) is 0 Å². The molecule has 6 heteroatoms. The van der Waals surface area contributed by atoms with Crippen LogP contribution < -0.4 is 5.32 Å². The van der Waals surface area contributed by atoms with Crippen LogP contribution in [0.4, 0.5) is 13.2 Å². The minimum Gasteiger partial charge on any atom is -0.333 e. The Hall–Kier alpha value is -1.04. The molecule has 1 N–H and O–H groups in total. The minimum atomic E-state index is -4.04. The molecule has 0 spiro atoms. The van der Waals surface area contributed by atoms with Crippen molar-refractivity contribution in [1.82, 2.24) is 14.9 Å². The predicted molar refractivity (Wildman–Crippen MR) is 62.1 cm³/mol. The first-order valence-corrected chi connectivity index (χ1v) is 6.36. The number of aryl methyl sites for hydroxylation is 1. The first kappa shape index (κ1) is 13.4. The molecular weight excluding hydrogens is 243 g/mol. The van der Waals surface area contributed by atoms with Crippen LogP contribution in [0.1, 0.15) is 43.8 Å². The number of aromatic nitrogens is 2. The number of imidazole rings is 1. The molecule has 1 aromatic rings. The van der Waals surface area contributed by atoms with Gasteiger partial charge in [0.25, 0.3) is 0 Å². The van der Waals surface area contributed by atoms with Crippen LogP contribution in [0.5, 0.6) is 0 Å². The normalized spacial score (nSPS) is 20.5. The molecule has 18 heavy (non-hydrogen) atoms. The standard InChI is InChI=1S/C12H18F3N3/c13-12(14,15)5-1-2-7-18-9-16-8-11(18)10-4-3-6-17-10/h8-10,17H,1-7H2/t10-/m0/s1. The van der Waals surface area contributed by atoms with Crippen LogP contribution in [0.25, 0.3) is 0 Å². The van der Waals surface area contributed by atoms with Crippen LogP contribution in [0.2, 0.25) is 0 Å². The molecule has 2 heterocycles. The molecule has 0 aromatic carbocycles. The summed E-state index contributed by atoms with van der Waals surface area (Å²) in [6.07, 6.45) is 1.73. The Morgan fingerprint density at radius 2 is 2.22 bits per heavy atom. The highest BCUT2D eigenvalue weighted by atomic mass is 19.4. The number of alkyl halides is 3. The Labute approximate surface area is 104 Å². The molecule has 1 saturated heterocycles. The van der Waals surface area contributed by atoms with Crippen molar-refractivity contribution in [2.24, 2.45) is 0 Å². The number of rotatable bonds is 5. The zero-order chi connectivity index (χ0) is 13.0. The van der Waals surface area contributed by atoms with E-state index >= 15 is 0 Å². The van der Waals surface area contributed by atoms with Crippen LogP contribution in [-0.2, 0) is 6.54 Å². The third kappa shape index (κ3) is 3.73.